The standard InChI is InChI=1S/C11H21NO3/c1-3-15-8-4-6-12-7-5-10(9-12)11(13)14-2/h10H,3-9H2,1-2H3. The molecule has 1 saturated heterocycles. The van der Waals surface area contributed by atoms with E-state index in [9.17, 15) is 4.79 Å². The molecule has 4 heteroatoms. The molecule has 1 aliphatic heterocycles. The summed E-state index contributed by atoms with van der Waals surface area (Å²) in [6.07, 6.45) is 1.98. The Morgan fingerprint density at radius 3 is 3.00 bits per heavy atom. The van der Waals surface area contributed by atoms with Crippen molar-refractivity contribution < 1.29 is 14.3 Å². The number of esters is 1. The van der Waals surface area contributed by atoms with Gasteiger partial charge in [-0.2, -0.15) is 0 Å². The Hall–Kier alpha value is -0.610. The van der Waals surface area contributed by atoms with Crippen molar-refractivity contribution in [3.63, 3.8) is 0 Å². The number of hydrogen-bond donors (Lipinski definition) is 0. The first-order valence-corrected chi connectivity index (χ1v) is 5.65. The van der Waals surface area contributed by atoms with Crippen molar-refractivity contribution in [2.45, 2.75) is 19.8 Å². The molecule has 0 aromatic carbocycles. The van der Waals surface area contributed by atoms with E-state index >= 15 is 0 Å². The predicted octanol–water partition coefficient (Wildman–Crippen LogP) is 0.908. The van der Waals surface area contributed by atoms with Crippen LogP contribution in [0.2, 0.25) is 0 Å². The number of nitrogens with zero attached hydrogens (tertiary/aromatic N) is 1. The SMILES string of the molecule is CCOCCCN1CCC(C(=O)OC)C1. The highest BCUT2D eigenvalue weighted by Crippen LogP contribution is 2.17. The molecular weight excluding hydrogens is 194 g/mol. The van der Waals surface area contributed by atoms with Crippen molar-refractivity contribution in [1.29, 1.82) is 0 Å². The molecule has 0 N–H and O–H groups in total. The van der Waals surface area contributed by atoms with Crippen molar-refractivity contribution >= 4 is 5.97 Å². The van der Waals surface area contributed by atoms with Gasteiger partial charge in [0, 0.05) is 26.3 Å². The molecular formula is C11H21NO3. The highest BCUT2D eigenvalue weighted by molar-refractivity contribution is 5.72. The van der Waals surface area contributed by atoms with Crippen molar-refractivity contribution in [2.24, 2.45) is 5.92 Å². The summed E-state index contributed by atoms with van der Waals surface area (Å²) >= 11 is 0. The fourth-order valence-corrected chi connectivity index (χ4v) is 1.93. The maximum Gasteiger partial charge on any atom is 0.310 e. The minimum Gasteiger partial charge on any atom is -0.469 e. The van der Waals surface area contributed by atoms with Crippen LogP contribution in [-0.4, -0.2) is 50.8 Å². The van der Waals surface area contributed by atoms with Crippen LogP contribution in [-0.2, 0) is 14.3 Å². The Morgan fingerprint density at radius 2 is 2.33 bits per heavy atom. The van der Waals surface area contributed by atoms with Gasteiger partial charge in [-0.05, 0) is 26.3 Å². The Morgan fingerprint density at radius 1 is 1.53 bits per heavy atom. The number of carbonyl (C=O) groups is 1. The zero-order chi connectivity index (χ0) is 11.1. The van der Waals surface area contributed by atoms with Gasteiger partial charge in [0.15, 0.2) is 0 Å². The molecule has 88 valence electrons. The molecule has 1 rings (SSSR count). The zero-order valence-electron chi connectivity index (χ0n) is 9.70. The van der Waals surface area contributed by atoms with Crippen molar-refractivity contribution in [1.82, 2.24) is 4.90 Å². The van der Waals surface area contributed by atoms with Crippen molar-refractivity contribution in [3.05, 3.63) is 0 Å². The number of hydrogen-bond acceptors (Lipinski definition) is 4. The molecule has 1 aliphatic rings. The molecule has 0 radical (unpaired) electrons. The highest BCUT2D eigenvalue weighted by atomic mass is 16.5. The summed E-state index contributed by atoms with van der Waals surface area (Å²) in [4.78, 5) is 13.6. The van der Waals surface area contributed by atoms with E-state index in [1.54, 1.807) is 0 Å². The minimum absolute atomic E-state index is 0.0673. The van der Waals surface area contributed by atoms with Gasteiger partial charge in [0.25, 0.3) is 0 Å². The van der Waals surface area contributed by atoms with Gasteiger partial charge in [0.05, 0.1) is 13.0 Å². The van der Waals surface area contributed by atoms with Gasteiger partial charge in [0.1, 0.15) is 0 Å². The molecule has 4 nitrogen and oxygen atoms in total. The second kappa shape index (κ2) is 6.80. The van der Waals surface area contributed by atoms with E-state index in [0.29, 0.717) is 0 Å². The Kier molecular flexibility index (Phi) is 5.65. The lowest BCUT2D eigenvalue weighted by Crippen LogP contribution is -2.25. The number of ether oxygens (including phenoxy) is 2. The third-order valence-corrected chi connectivity index (χ3v) is 2.77. The largest absolute Gasteiger partial charge is 0.469 e. The minimum atomic E-state index is -0.0673. The summed E-state index contributed by atoms with van der Waals surface area (Å²) in [5.74, 6) is 0.0180. The maximum absolute atomic E-state index is 11.3. The third kappa shape index (κ3) is 4.18. The molecule has 0 spiro atoms. The Balaban J connectivity index is 2.11. The number of likely N-dealkylation sites (tertiary alicyclic amines) is 1. The second-order valence-corrected chi connectivity index (χ2v) is 3.86. The van der Waals surface area contributed by atoms with Crippen LogP contribution in [0.4, 0.5) is 0 Å². The molecule has 0 aromatic heterocycles. The average Bonchev–Trinajstić information content (AvgIpc) is 2.72. The van der Waals surface area contributed by atoms with Crippen LogP contribution in [0, 0.1) is 5.92 Å². The molecule has 1 unspecified atom stereocenters. The topological polar surface area (TPSA) is 38.8 Å². The van der Waals surface area contributed by atoms with Gasteiger partial charge >= 0.3 is 5.97 Å². The molecule has 0 aliphatic carbocycles. The van der Waals surface area contributed by atoms with Crippen LogP contribution in [0.3, 0.4) is 0 Å². The maximum atomic E-state index is 11.3. The van der Waals surface area contributed by atoms with E-state index in [0.717, 1.165) is 45.7 Å². The lowest BCUT2D eigenvalue weighted by molar-refractivity contribution is -0.144. The molecule has 1 heterocycles. The quantitative estimate of drug-likeness (QED) is 0.487. The fraction of sp³-hybridized carbons (Fsp3) is 0.909. The smallest absolute Gasteiger partial charge is 0.310 e. The first kappa shape index (κ1) is 12.5. The summed E-state index contributed by atoms with van der Waals surface area (Å²) in [5, 5.41) is 0. The van der Waals surface area contributed by atoms with Gasteiger partial charge in [-0.3, -0.25) is 4.79 Å². The third-order valence-electron chi connectivity index (χ3n) is 2.77. The number of methoxy groups -OCH3 is 1. The van der Waals surface area contributed by atoms with Crippen LogP contribution in [0.1, 0.15) is 19.8 Å². The summed E-state index contributed by atoms with van der Waals surface area (Å²) < 4.78 is 10.0. The first-order chi connectivity index (χ1) is 7.27. The van der Waals surface area contributed by atoms with Crippen molar-refractivity contribution in [2.75, 3.05) is 40.0 Å². The van der Waals surface area contributed by atoms with Gasteiger partial charge in [0.2, 0.25) is 0 Å². The van der Waals surface area contributed by atoms with E-state index < -0.39 is 0 Å². The van der Waals surface area contributed by atoms with Crippen LogP contribution < -0.4 is 0 Å². The molecule has 0 saturated carbocycles. The predicted molar refractivity (Wildman–Crippen MR) is 57.7 cm³/mol. The lowest BCUT2D eigenvalue weighted by atomic mass is 10.1. The number of carbonyl (C=O) groups excluding carboxylic acids is 1. The molecule has 0 amide bonds. The van der Waals surface area contributed by atoms with E-state index in [1.807, 2.05) is 6.92 Å². The normalized spacial score (nSPS) is 21.9. The summed E-state index contributed by atoms with van der Waals surface area (Å²) in [6, 6.07) is 0. The van der Waals surface area contributed by atoms with Gasteiger partial charge < -0.3 is 14.4 Å². The van der Waals surface area contributed by atoms with Crippen LogP contribution in [0.25, 0.3) is 0 Å². The monoisotopic (exact) mass is 215 g/mol. The zero-order valence-corrected chi connectivity index (χ0v) is 9.70. The van der Waals surface area contributed by atoms with Crippen LogP contribution in [0.15, 0.2) is 0 Å². The fourth-order valence-electron chi connectivity index (χ4n) is 1.93. The summed E-state index contributed by atoms with van der Waals surface area (Å²) in [5.41, 5.74) is 0. The van der Waals surface area contributed by atoms with Gasteiger partial charge in [-0.1, -0.05) is 0 Å². The van der Waals surface area contributed by atoms with Crippen molar-refractivity contribution in [3.8, 4) is 0 Å². The summed E-state index contributed by atoms with van der Waals surface area (Å²) in [6.45, 7) is 6.47. The molecule has 15 heavy (non-hydrogen) atoms. The van der Waals surface area contributed by atoms with Gasteiger partial charge in [-0.15, -0.1) is 0 Å². The first-order valence-electron chi connectivity index (χ1n) is 5.65. The highest BCUT2D eigenvalue weighted by Gasteiger charge is 2.28. The summed E-state index contributed by atoms with van der Waals surface area (Å²) in [7, 11) is 1.46. The molecule has 0 aromatic rings. The molecule has 1 atom stereocenters. The van der Waals surface area contributed by atoms with Crippen LogP contribution >= 0.6 is 0 Å². The van der Waals surface area contributed by atoms with E-state index in [2.05, 4.69) is 4.90 Å². The van der Waals surface area contributed by atoms with E-state index in [-0.39, 0.29) is 11.9 Å². The Bertz CT molecular complexity index is 196. The Labute approximate surface area is 91.5 Å². The number of rotatable bonds is 6. The lowest BCUT2D eigenvalue weighted by Gasteiger charge is -2.14. The molecule has 0 bridgehead atoms. The average molecular weight is 215 g/mol. The molecule has 1 fully saturated rings. The van der Waals surface area contributed by atoms with E-state index in [1.165, 1.54) is 7.11 Å². The van der Waals surface area contributed by atoms with E-state index in [4.69, 9.17) is 9.47 Å². The van der Waals surface area contributed by atoms with Gasteiger partial charge in [-0.25, -0.2) is 0 Å². The second-order valence-electron chi connectivity index (χ2n) is 3.86. The van der Waals surface area contributed by atoms with Crippen LogP contribution in [0.5, 0.6) is 0 Å².